The number of rotatable bonds is 17. The highest BCUT2D eigenvalue weighted by molar-refractivity contribution is 6.08. The molecular formula is C37H40N2O7. The van der Waals surface area contributed by atoms with E-state index in [4.69, 9.17) is 18.9 Å². The minimum atomic E-state index is -0.342. The molecule has 2 N–H and O–H groups in total. The number of unbranched alkanes of at least 4 members (excludes halogenated alkanes) is 2. The molecule has 0 unspecified atom stereocenters. The number of carbonyl (C=O) groups excluding carboxylic acids is 3. The minimum Gasteiger partial charge on any atom is -0.491 e. The van der Waals surface area contributed by atoms with Crippen LogP contribution < -0.4 is 20.1 Å². The lowest BCUT2D eigenvalue weighted by Crippen LogP contribution is -2.17. The Morgan fingerprint density at radius 1 is 0.674 bits per heavy atom. The van der Waals surface area contributed by atoms with E-state index in [2.05, 4.69) is 10.6 Å². The maximum Gasteiger partial charge on any atom is 0.305 e. The van der Waals surface area contributed by atoms with Crippen LogP contribution in [-0.4, -0.2) is 38.1 Å². The lowest BCUT2D eigenvalue weighted by Gasteiger charge is -2.16. The summed E-state index contributed by atoms with van der Waals surface area (Å²) in [6.07, 6.45) is 2.71. The molecule has 0 atom stereocenters. The van der Waals surface area contributed by atoms with Crippen molar-refractivity contribution in [1.29, 1.82) is 0 Å². The highest BCUT2D eigenvalue weighted by atomic mass is 16.5. The van der Waals surface area contributed by atoms with Gasteiger partial charge in [-0.25, -0.2) is 0 Å². The number of benzene rings is 4. The van der Waals surface area contributed by atoms with Gasteiger partial charge in [0.15, 0.2) is 0 Å². The van der Waals surface area contributed by atoms with Crippen LogP contribution in [0.15, 0.2) is 97.1 Å². The summed E-state index contributed by atoms with van der Waals surface area (Å²) in [5.41, 5.74) is 3.47. The van der Waals surface area contributed by atoms with Crippen molar-refractivity contribution in [3.63, 3.8) is 0 Å². The molecule has 2 amide bonds. The Kier molecular flexibility index (Phi) is 13.2. The first-order valence-corrected chi connectivity index (χ1v) is 15.4. The van der Waals surface area contributed by atoms with Crippen molar-refractivity contribution in [1.82, 2.24) is 0 Å². The van der Waals surface area contributed by atoms with Gasteiger partial charge >= 0.3 is 5.97 Å². The van der Waals surface area contributed by atoms with E-state index in [0.717, 1.165) is 24.8 Å². The molecule has 4 aromatic rings. The van der Waals surface area contributed by atoms with Gasteiger partial charge in [-0.05, 0) is 74.2 Å². The summed E-state index contributed by atoms with van der Waals surface area (Å²) in [6, 6.07) is 29.0. The molecule has 0 aliphatic heterocycles. The van der Waals surface area contributed by atoms with E-state index in [9.17, 15) is 14.4 Å². The fourth-order valence-electron chi connectivity index (χ4n) is 4.69. The van der Waals surface area contributed by atoms with E-state index in [0.29, 0.717) is 65.8 Å². The quantitative estimate of drug-likeness (QED) is 0.0929. The van der Waals surface area contributed by atoms with Crippen LogP contribution >= 0.6 is 0 Å². The van der Waals surface area contributed by atoms with Crippen LogP contribution in [0.4, 0.5) is 11.4 Å². The van der Waals surface area contributed by atoms with Crippen LogP contribution in [0.1, 0.15) is 64.4 Å². The molecule has 46 heavy (non-hydrogen) atoms. The van der Waals surface area contributed by atoms with Crippen molar-refractivity contribution in [3.05, 3.63) is 119 Å². The van der Waals surface area contributed by atoms with E-state index < -0.39 is 0 Å². The Balaban J connectivity index is 1.38. The lowest BCUT2D eigenvalue weighted by atomic mass is 10.1. The Morgan fingerprint density at radius 2 is 1.39 bits per heavy atom. The van der Waals surface area contributed by atoms with E-state index in [1.165, 1.54) is 0 Å². The Morgan fingerprint density at radius 3 is 2.17 bits per heavy atom. The number of amides is 2. The van der Waals surface area contributed by atoms with Crippen molar-refractivity contribution in [2.24, 2.45) is 0 Å². The predicted molar refractivity (Wildman–Crippen MR) is 177 cm³/mol. The SMILES string of the molecule is CCOC(=O)CCCCCOc1ccccc1NC(=O)c1ccc(NC(=O)c2ccccc2OCc2ccccc2)c(COC)c1. The van der Waals surface area contributed by atoms with Crippen molar-refractivity contribution in [3.8, 4) is 11.5 Å². The summed E-state index contributed by atoms with van der Waals surface area (Å²) in [5.74, 6) is 0.154. The molecule has 4 rings (SSSR count). The molecule has 0 bridgehead atoms. The van der Waals surface area contributed by atoms with Crippen LogP contribution in [0.3, 0.4) is 0 Å². The van der Waals surface area contributed by atoms with Gasteiger partial charge in [-0.3, -0.25) is 14.4 Å². The van der Waals surface area contributed by atoms with E-state index in [-0.39, 0.29) is 24.4 Å². The molecule has 9 nitrogen and oxygen atoms in total. The maximum absolute atomic E-state index is 13.4. The number of esters is 1. The molecule has 0 saturated heterocycles. The number of ether oxygens (including phenoxy) is 4. The Labute approximate surface area is 269 Å². The monoisotopic (exact) mass is 624 g/mol. The summed E-state index contributed by atoms with van der Waals surface area (Å²) in [5, 5.41) is 5.88. The normalized spacial score (nSPS) is 10.6. The Bertz CT molecular complexity index is 1590. The third-order valence-electron chi connectivity index (χ3n) is 7.01. The number of carbonyl (C=O) groups is 3. The molecule has 0 spiro atoms. The van der Waals surface area contributed by atoms with E-state index in [1.54, 1.807) is 62.6 Å². The number of nitrogens with one attached hydrogen (secondary N) is 2. The van der Waals surface area contributed by atoms with Crippen molar-refractivity contribution < 1.29 is 33.3 Å². The van der Waals surface area contributed by atoms with Gasteiger partial charge in [0.1, 0.15) is 18.1 Å². The summed E-state index contributed by atoms with van der Waals surface area (Å²) < 4.78 is 22.2. The zero-order valence-electron chi connectivity index (χ0n) is 26.3. The van der Waals surface area contributed by atoms with E-state index in [1.807, 2.05) is 48.5 Å². The van der Waals surface area contributed by atoms with Gasteiger partial charge in [-0.2, -0.15) is 0 Å². The van der Waals surface area contributed by atoms with Gasteiger partial charge in [0.05, 0.1) is 31.1 Å². The molecule has 0 radical (unpaired) electrons. The largest absolute Gasteiger partial charge is 0.491 e. The summed E-state index contributed by atoms with van der Waals surface area (Å²) in [7, 11) is 1.55. The van der Waals surface area contributed by atoms with Crippen LogP contribution in [0.2, 0.25) is 0 Å². The zero-order valence-corrected chi connectivity index (χ0v) is 26.3. The molecule has 0 fully saturated rings. The van der Waals surface area contributed by atoms with Gasteiger partial charge in [-0.15, -0.1) is 0 Å². The fourth-order valence-corrected chi connectivity index (χ4v) is 4.69. The molecule has 0 aliphatic carbocycles. The van der Waals surface area contributed by atoms with Crippen molar-refractivity contribution >= 4 is 29.2 Å². The smallest absolute Gasteiger partial charge is 0.305 e. The third kappa shape index (κ3) is 10.2. The third-order valence-corrected chi connectivity index (χ3v) is 7.01. The van der Waals surface area contributed by atoms with Crippen molar-refractivity contribution in [2.45, 2.75) is 45.8 Å². The Hall–Kier alpha value is -5.15. The first-order valence-electron chi connectivity index (χ1n) is 15.4. The summed E-state index contributed by atoms with van der Waals surface area (Å²) in [6.45, 7) is 3.14. The van der Waals surface area contributed by atoms with Gasteiger partial charge in [0.25, 0.3) is 11.8 Å². The molecular weight excluding hydrogens is 584 g/mol. The average molecular weight is 625 g/mol. The van der Waals surface area contributed by atoms with Crippen LogP contribution in [-0.2, 0) is 27.5 Å². The molecule has 4 aromatic carbocycles. The molecule has 0 aliphatic rings. The molecule has 0 heterocycles. The van der Waals surface area contributed by atoms with Crippen LogP contribution in [0, 0.1) is 0 Å². The number of para-hydroxylation sites is 3. The highest BCUT2D eigenvalue weighted by Gasteiger charge is 2.17. The first kappa shape index (κ1) is 33.7. The molecule has 9 heteroatoms. The second kappa shape index (κ2) is 18.0. The molecule has 240 valence electrons. The average Bonchev–Trinajstić information content (AvgIpc) is 3.07. The van der Waals surface area contributed by atoms with Gasteiger partial charge in [0, 0.05) is 30.3 Å². The van der Waals surface area contributed by atoms with Crippen LogP contribution in [0.5, 0.6) is 11.5 Å². The van der Waals surface area contributed by atoms with Gasteiger partial charge < -0.3 is 29.6 Å². The summed E-state index contributed by atoms with van der Waals surface area (Å²) in [4.78, 5) is 38.1. The maximum atomic E-state index is 13.4. The number of hydrogen-bond donors (Lipinski definition) is 2. The van der Waals surface area contributed by atoms with E-state index >= 15 is 0 Å². The molecule has 0 aromatic heterocycles. The number of anilines is 2. The highest BCUT2D eigenvalue weighted by Crippen LogP contribution is 2.27. The standard InChI is InChI=1S/C37H40N2O7/c1-3-44-35(40)20-8-5-13-23-45-34-19-12-10-17-32(34)39-36(41)28-21-22-31(29(24-28)26-43-2)38-37(42)30-16-9-11-18-33(30)46-25-27-14-6-4-7-15-27/h4,6-7,9-12,14-19,21-22,24H,3,5,8,13,20,23,25-26H2,1-2H3,(H,38,42)(H,39,41). The number of methoxy groups -OCH3 is 1. The van der Waals surface area contributed by atoms with Crippen LogP contribution in [0.25, 0.3) is 0 Å². The minimum absolute atomic E-state index is 0.179. The first-order chi connectivity index (χ1) is 22.5. The molecule has 0 saturated carbocycles. The lowest BCUT2D eigenvalue weighted by molar-refractivity contribution is -0.143. The second-order valence-corrected chi connectivity index (χ2v) is 10.4. The van der Waals surface area contributed by atoms with Gasteiger partial charge in [-0.1, -0.05) is 54.6 Å². The van der Waals surface area contributed by atoms with Gasteiger partial charge in [0.2, 0.25) is 0 Å². The number of hydrogen-bond acceptors (Lipinski definition) is 7. The fraction of sp³-hybridized carbons (Fsp3) is 0.270. The summed E-state index contributed by atoms with van der Waals surface area (Å²) >= 11 is 0. The topological polar surface area (TPSA) is 112 Å². The second-order valence-electron chi connectivity index (χ2n) is 10.4. The predicted octanol–water partition coefficient (Wildman–Crippen LogP) is 7.42. The zero-order chi connectivity index (χ0) is 32.6. The van der Waals surface area contributed by atoms with Crippen molar-refractivity contribution in [2.75, 3.05) is 31.0 Å².